The summed E-state index contributed by atoms with van der Waals surface area (Å²) in [5.41, 5.74) is 0.985. The van der Waals surface area contributed by atoms with Gasteiger partial charge in [-0.3, -0.25) is 9.97 Å². The van der Waals surface area contributed by atoms with Crippen molar-refractivity contribution in [3.8, 4) is 0 Å². The number of anilines is 1. The monoisotopic (exact) mass is 324 g/mol. The molecule has 0 aliphatic carbocycles. The number of aromatic nitrogens is 2. The molecule has 0 aliphatic rings. The molecular formula is C14H14F2N4OS. The number of carbonyl (C=O) groups excluding carboxylic acids is 1. The van der Waals surface area contributed by atoms with Gasteiger partial charge in [-0.05, 0) is 12.1 Å². The molecule has 1 N–H and O–H groups in total. The zero-order chi connectivity index (χ0) is 15.9. The molecule has 2 aromatic rings. The molecule has 0 atom stereocenters. The molecule has 0 spiro atoms. The molecule has 22 heavy (non-hydrogen) atoms. The first-order valence-corrected chi connectivity index (χ1v) is 7.25. The number of thioether (sulfide) groups is 1. The number of para-hydroxylation sites is 1. The smallest absolute Gasteiger partial charge is 0.321 e. The summed E-state index contributed by atoms with van der Waals surface area (Å²) in [4.78, 5) is 21.8. The van der Waals surface area contributed by atoms with Crippen molar-refractivity contribution < 1.29 is 13.6 Å². The minimum Gasteiger partial charge on any atom is -0.322 e. The van der Waals surface area contributed by atoms with Gasteiger partial charge in [0.05, 0.1) is 24.1 Å². The maximum absolute atomic E-state index is 12.5. The number of benzene rings is 1. The zero-order valence-electron chi connectivity index (χ0n) is 11.7. The third-order valence-electron chi connectivity index (χ3n) is 2.71. The lowest BCUT2D eigenvalue weighted by Gasteiger charge is -2.18. The molecule has 0 radical (unpaired) electrons. The number of amides is 2. The van der Waals surface area contributed by atoms with Crippen molar-refractivity contribution in [3.05, 3.63) is 48.5 Å². The Kier molecular flexibility index (Phi) is 5.65. The third kappa shape index (κ3) is 4.66. The molecule has 8 heteroatoms. The van der Waals surface area contributed by atoms with Crippen LogP contribution < -0.4 is 5.32 Å². The predicted octanol–water partition coefficient (Wildman–Crippen LogP) is 3.46. The van der Waals surface area contributed by atoms with Crippen LogP contribution in [0.25, 0.3) is 0 Å². The lowest BCUT2D eigenvalue weighted by molar-refractivity contribution is 0.220. The Morgan fingerprint density at radius 3 is 2.82 bits per heavy atom. The molecule has 1 aromatic carbocycles. The predicted molar refractivity (Wildman–Crippen MR) is 80.8 cm³/mol. The fourth-order valence-corrected chi connectivity index (χ4v) is 2.30. The molecular weight excluding hydrogens is 310 g/mol. The Bertz CT molecular complexity index is 627. The summed E-state index contributed by atoms with van der Waals surface area (Å²) in [6, 6.07) is 6.03. The summed E-state index contributed by atoms with van der Waals surface area (Å²) in [6.45, 7) is 0.268. The average Bonchev–Trinajstić information content (AvgIpc) is 2.49. The highest BCUT2D eigenvalue weighted by Crippen LogP contribution is 2.31. The van der Waals surface area contributed by atoms with Crippen molar-refractivity contribution in [1.82, 2.24) is 14.9 Å². The lowest BCUT2D eigenvalue weighted by atomic mass is 10.3. The van der Waals surface area contributed by atoms with Gasteiger partial charge in [0.25, 0.3) is 5.76 Å². The van der Waals surface area contributed by atoms with Gasteiger partial charge >= 0.3 is 6.03 Å². The van der Waals surface area contributed by atoms with Crippen LogP contribution in [0.15, 0.2) is 47.8 Å². The lowest BCUT2D eigenvalue weighted by Crippen LogP contribution is -2.31. The molecule has 0 aliphatic heterocycles. The maximum atomic E-state index is 12.5. The minimum atomic E-state index is -2.55. The van der Waals surface area contributed by atoms with Crippen molar-refractivity contribution in [2.24, 2.45) is 0 Å². The van der Waals surface area contributed by atoms with Gasteiger partial charge < -0.3 is 10.2 Å². The largest absolute Gasteiger partial charge is 0.322 e. The van der Waals surface area contributed by atoms with Crippen molar-refractivity contribution in [2.45, 2.75) is 17.2 Å². The van der Waals surface area contributed by atoms with Crippen LogP contribution >= 0.6 is 11.8 Å². The van der Waals surface area contributed by atoms with E-state index in [9.17, 15) is 13.6 Å². The van der Waals surface area contributed by atoms with Gasteiger partial charge in [-0.1, -0.05) is 23.9 Å². The van der Waals surface area contributed by atoms with Crippen molar-refractivity contribution in [2.75, 3.05) is 12.4 Å². The van der Waals surface area contributed by atoms with E-state index in [2.05, 4.69) is 15.3 Å². The Labute approximate surface area is 130 Å². The van der Waals surface area contributed by atoms with Crippen LogP contribution in [0, 0.1) is 0 Å². The minimum absolute atomic E-state index is 0.268. The fraction of sp³-hybridized carbons (Fsp3) is 0.214. The standard InChI is InChI=1S/C14H14F2N4OS/c1-20(9-10-8-17-6-7-18-10)14(21)19-11-4-2-3-5-12(11)22-13(15)16/h2-8,13H,9H2,1H3,(H,19,21). The molecule has 5 nitrogen and oxygen atoms in total. The van der Waals surface area contributed by atoms with Crippen LogP contribution in [0.3, 0.4) is 0 Å². The van der Waals surface area contributed by atoms with Crippen LogP contribution in [0.1, 0.15) is 5.69 Å². The van der Waals surface area contributed by atoms with E-state index in [1.54, 1.807) is 37.6 Å². The van der Waals surface area contributed by atoms with Gasteiger partial charge in [0, 0.05) is 24.3 Å². The quantitative estimate of drug-likeness (QED) is 0.856. The van der Waals surface area contributed by atoms with Gasteiger partial charge in [-0.2, -0.15) is 8.78 Å². The summed E-state index contributed by atoms with van der Waals surface area (Å²) in [5, 5.41) is 2.62. The number of nitrogens with zero attached hydrogens (tertiary/aromatic N) is 3. The fourth-order valence-electron chi connectivity index (χ4n) is 1.71. The number of nitrogens with one attached hydrogen (secondary N) is 1. The molecule has 1 aromatic heterocycles. The van der Waals surface area contributed by atoms with E-state index in [1.807, 2.05) is 0 Å². The molecule has 0 unspecified atom stereocenters. The van der Waals surface area contributed by atoms with Crippen LogP contribution in [0.5, 0.6) is 0 Å². The number of alkyl halides is 2. The van der Waals surface area contributed by atoms with Crippen molar-refractivity contribution in [1.29, 1.82) is 0 Å². The average molecular weight is 324 g/mol. The van der Waals surface area contributed by atoms with Crippen molar-refractivity contribution >= 4 is 23.5 Å². The van der Waals surface area contributed by atoms with E-state index in [4.69, 9.17) is 0 Å². The van der Waals surface area contributed by atoms with Crippen LogP contribution in [0.4, 0.5) is 19.3 Å². The first kappa shape index (κ1) is 16.2. The van der Waals surface area contributed by atoms with Crippen LogP contribution in [-0.4, -0.2) is 33.7 Å². The molecule has 2 amide bonds. The first-order valence-electron chi connectivity index (χ1n) is 6.37. The van der Waals surface area contributed by atoms with Gasteiger partial charge in [0.1, 0.15) is 0 Å². The summed E-state index contributed by atoms with van der Waals surface area (Å²) in [7, 11) is 1.59. The Balaban J connectivity index is 2.02. The summed E-state index contributed by atoms with van der Waals surface area (Å²) >= 11 is 0.394. The third-order valence-corrected chi connectivity index (χ3v) is 3.50. The second-order valence-electron chi connectivity index (χ2n) is 4.36. The number of hydrogen-bond donors (Lipinski definition) is 1. The SMILES string of the molecule is CN(Cc1cnccn1)C(=O)Nc1ccccc1SC(F)F. The molecule has 116 valence electrons. The number of hydrogen-bond acceptors (Lipinski definition) is 4. The van der Waals surface area contributed by atoms with Crippen LogP contribution in [-0.2, 0) is 6.54 Å². The maximum Gasteiger partial charge on any atom is 0.321 e. The summed E-state index contributed by atoms with van der Waals surface area (Å²) in [5.74, 6) is -2.55. The summed E-state index contributed by atoms with van der Waals surface area (Å²) in [6.07, 6.45) is 4.64. The van der Waals surface area contributed by atoms with Crippen LogP contribution in [0.2, 0.25) is 0 Å². The van der Waals surface area contributed by atoms with Gasteiger partial charge in [-0.15, -0.1) is 0 Å². The highest BCUT2D eigenvalue weighted by atomic mass is 32.2. The normalized spacial score (nSPS) is 10.5. The Morgan fingerprint density at radius 2 is 2.14 bits per heavy atom. The second-order valence-corrected chi connectivity index (χ2v) is 5.39. The Morgan fingerprint density at radius 1 is 1.36 bits per heavy atom. The second kappa shape index (κ2) is 7.69. The molecule has 0 saturated heterocycles. The van der Waals surface area contributed by atoms with E-state index in [-0.39, 0.29) is 6.54 Å². The molecule has 1 heterocycles. The van der Waals surface area contributed by atoms with Gasteiger partial charge in [0.15, 0.2) is 0 Å². The van der Waals surface area contributed by atoms with E-state index >= 15 is 0 Å². The number of urea groups is 1. The number of rotatable bonds is 5. The first-order chi connectivity index (χ1) is 10.6. The zero-order valence-corrected chi connectivity index (χ0v) is 12.6. The van der Waals surface area contributed by atoms with E-state index in [0.717, 1.165) is 0 Å². The van der Waals surface area contributed by atoms with Gasteiger partial charge in [0.2, 0.25) is 0 Å². The molecule has 0 saturated carbocycles. The highest BCUT2D eigenvalue weighted by Gasteiger charge is 2.14. The Hall–Kier alpha value is -2.22. The van der Waals surface area contributed by atoms with Crippen molar-refractivity contribution in [3.63, 3.8) is 0 Å². The van der Waals surface area contributed by atoms with E-state index in [0.29, 0.717) is 28.0 Å². The molecule has 2 rings (SSSR count). The molecule has 0 fully saturated rings. The summed E-state index contributed by atoms with van der Waals surface area (Å²) < 4.78 is 25.0. The molecule has 0 bridgehead atoms. The number of carbonyl (C=O) groups is 1. The number of halogens is 2. The topological polar surface area (TPSA) is 58.1 Å². The van der Waals surface area contributed by atoms with E-state index in [1.165, 1.54) is 17.2 Å². The van der Waals surface area contributed by atoms with Gasteiger partial charge in [-0.25, -0.2) is 4.79 Å². The van der Waals surface area contributed by atoms with E-state index < -0.39 is 11.8 Å². The highest BCUT2D eigenvalue weighted by molar-refractivity contribution is 7.99.